The molecule has 0 bridgehead atoms. The summed E-state index contributed by atoms with van der Waals surface area (Å²) in [7, 11) is 2.08. The highest BCUT2D eigenvalue weighted by Gasteiger charge is 2.20. The van der Waals surface area contributed by atoms with Gasteiger partial charge < -0.3 is 19.5 Å². The summed E-state index contributed by atoms with van der Waals surface area (Å²) >= 11 is 6.42. The number of aromatic carboxylic acids is 1. The Morgan fingerprint density at radius 1 is 1.25 bits per heavy atom. The molecule has 7 heteroatoms. The predicted molar refractivity (Wildman–Crippen MR) is 95.6 cm³/mol. The number of likely N-dealkylation sites (N-methyl/N-ethyl adjacent to an activating group) is 1. The molecule has 1 aliphatic rings. The quantitative estimate of drug-likeness (QED) is 0.919. The lowest BCUT2D eigenvalue weighted by Crippen LogP contribution is -2.44. The van der Waals surface area contributed by atoms with Crippen LogP contribution in [0.3, 0.4) is 0 Å². The van der Waals surface area contributed by atoms with Gasteiger partial charge in [-0.25, -0.2) is 4.79 Å². The lowest BCUT2D eigenvalue weighted by Gasteiger charge is -2.34. The third-order valence-corrected chi connectivity index (χ3v) is 4.87. The third kappa shape index (κ3) is 2.87. The number of aromatic nitrogens is 1. The van der Waals surface area contributed by atoms with Crippen LogP contribution in [-0.2, 0) is 6.54 Å². The van der Waals surface area contributed by atoms with Crippen molar-refractivity contribution in [2.75, 3.05) is 38.1 Å². The van der Waals surface area contributed by atoms with Crippen molar-refractivity contribution >= 4 is 34.2 Å². The Morgan fingerprint density at radius 3 is 2.50 bits per heavy atom. The summed E-state index contributed by atoms with van der Waals surface area (Å²) in [6.45, 7) is 6.12. The molecule has 1 aliphatic heterocycles. The zero-order valence-corrected chi connectivity index (χ0v) is 14.5. The van der Waals surface area contributed by atoms with E-state index < -0.39 is 11.4 Å². The molecule has 1 N–H and O–H groups in total. The maximum atomic E-state index is 12.4. The fourth-order valence-corrected chi connectivity index (χ4v) is 3.39. The molecule has 1 fully saturated rings. The van der Waals surface area contributed by atoms with Crippen LogP contribution in [0.2, 0.25) is 5.02 Å². The van der Waals surface area contributed by atoms with Gasteiger partial charge in [-0.2, -0.15) is 0 Å². The molecule has 0 spiro atoms. The van der Waals surface area contributed by atoms with E-state index in [4.69, 9.17) is 11.6 Å². The molecule has 24 heavy (non-hydrogen) atoms. The number of pyridine rings is 1. The maximum Gasteiger partial charge on any atom is 0.341 e. The van der Waals surface area contributed by atoms with Gasteiger partial charge in [0.1, 0.15) is 5.56 Å². The van der Waals surface area contributed by atoms with Crippen LogP contribution in [0, 0.1) is 0 Å². The first-order chi connectivity index (χ1) is 11.4. The number of carboxylic acids is 1. The molecule has 1 aromatic heterocycles. The van der Waals surface area contributed by atoms with Crippen LogP contribution in [0.4, 0.5) is 5.69 Å². The van der Waals surface area contributed by atoms with Gasteiger partial charge in [-0.3, -0.25) is 4.79 Å². The monoisotopic (exact) mass is 349 g/mol. The number of hydrogen-bond donors (Lipinski definition) is 1. The van der Waals surface area contributed by atoms with Crippen molar-refractivity contribution in [1.29, 1.82) is 0 Å². The molecule has 0 aliphatic carbocycles. The largest absolute Gasteiger partial charge is 0.477 e. The molecular weight excluding hydrogens is 330 g/mol. The van der Waals surface area contributed by atoms with E-state index in [-0.39, 0.29) is 5.56 Å². The molecule has 1 aromatic carbocycles. The van der Waals surface area contributed by atoms with Gasteiger partial charge in [0, 0.05) is 44.3 Å². The van der Waals surface area contributed by atoms with Crippen LogP contribution in [-0.4, -0.2) is 53.8 Å². The molecule has 128 valence electrons. The normalized spacial score (nSPS) is 15.9. The summed E-state index contributed by atoms with van der Waals surface area (Å²) in [6.07, 6.45) is 1.41. The first kappa shape index (κ1) is 16.8. The van der Waals surface area contributed by atoms with Crippen molar-refractivity contribution in [3.63, 3.8) is 0 Å². The lowest BCUT2D eigenvalue weighted by molar-refractivity contribution is 0.0695. The molecule has 0 saturated carbocycles. The first-order valence-corrected chi connectivity index (χ1v) is 8.33. The van der Waals surface area contributed by atoms with Crippen LogP contribution in [0.5, 0.6) is 0 Å². The molecule has 0 atom stereocenters. The summed E-state index contributed by atoms with van der Waals surface area (Å²) in [5, 5.41) is 10.1. The Labute approximate surface area is 144 Å². The number of halogens is 1. The molecule has 0 radical (unpaired) electrons. The number of hydrogen-bond acceptors (Lipinski definition) is 4. The smallest absolute Gasteiger partial charge is 0.341 e. The Morgan fingerprint density at radius 2 is 1.92 bits per heavy atom. The SMILES string of the molecule is CCn1cc(C(=O)O)c(=O)c2cc(Cl)c(N3CCN(C)CC3)cc21. The second-order valence-electron chi connectivity index (χ2n) is 6.07. The topological polar surface area (TPSA) is 65.8 Å². The van der Waals surface area contributed by atoms with Crippen LogP contribution >= 0.6 is 11.6 Å². The second-order valence-corrected chi connectivity index (χ2v) is 6.48. The van der Waals surface area contributed by atoms with Gasteiger partial charge in [0.15, 0.2) is 0 Å². The third-order valence-electron chi connectivity index (χ3n) is 4.56. The zero-order chi connectivity index (χ0) is 17.4. The van der Waals surface area contributed by atoms with Gasteiger partial charge in [-0.15, -0.1) is 0 Å². The Hall–Kier alpha value is -2.05. The van der Waals surface area contributed by atoms with Crippen molar-refractivity contribution in [1.82, 2.24) is 9.47 Å². The van der Waals surface area contributed by atoms with E-state index >= 15 is 0 Å². The summed E-state index contributed by atoms with van der Waals surface area (Å²) in [5.41, 5.74) is 0.884. The van der Waals surface area contributed by atoms with Crippen LogP contribution in [0.15, 0.2) is 23.1 Å². The number of aryl methyl sites for hydroxylation is 1. The molecule has 0 unspecified atom stereocenters. The van der Waals surface area contributed by atoms with Crippen LogP contribution in [0.25, 0.3) is 10.9 Å². The molecule has 2 heterocycles. The summed E-state index contributed by atoms with van der Waals surface area (Å²) < 4.78 is 1.79. The highest BCUT2D eigenvalue weighted by Crippen LogP contribution is 2.31. The Bertz CT molecular complexity index is 854. The molecule has 3 rings (SSSR count). The highest BCUT2D eigenvalue weighted by molar-refractivity contribution is 6.34. The molecular formula is C17H20ClN3O3. The van der Waals surface area contributed by atoms with E-state index in [2.05, 4.69) is 16.8 Å². The van der Waals surface area contributed by atoms with E-state index in [0.717, 1.165) is 31.9 Å². The number of fused-ring (bicyclic) bond motifs is 1. The number of carbonyl (C=O) groups is 1. The van der Waals surface area contributed by atoms with E-state index in [1.165, 1.54) is 6.20 Å². The van der Waals surface area contributed by atoms with Crippen molar-refractivity contribution < 1.29 is 9.90 Å². The molecule has 1 saturated heterocycles. The van der Waals surface area contributed by atoms with Crippen LogP contribution < -0.4 is 10.3 Å². The zero-order valence-electron chi connectivity index (χ0n) is 13.8. The van der Waals surface area contributed by atoms with Crippen molar-refractivity contribution in [3.8, 4) is 0 Å². The van der Waals surface area contributed by atoms with Crippen LogP contribution in [0.1, 0.15) is 17.3 Å². The second kappa shape index (κ2) is 6.45. The van der Waals surface area contributed by atoms with Gasteiger partial charge in [0.05, 0.1) is 16.2 Å². The van der Waals surface area contributed by atoms with Crippen molar-refractivity contribution in [3.05, 3.63) is 39.1 Å². The minimum Gasteiger partial charge on any atom is -0.477 e. The number of nitrogens with zero attached hydrogens (tertiary/aromatic N) is 3. The molecule has 0 amide bonds. The van der Waals surface area contributed by atoms with Gasteiger partial charge >= 0.3 is 5.97 Å². The van der Waals surface area contributed by atoms with Crippen molar-refractivity contribution in [2.45, 2.75) is 13.5 Å². The average Bonchev–Trinajstić information content (AvgIpc) is 2.56. The number of benzene rings is 1. The number of piperazine rings is 1. The minimum absolute atomic E-state index is 0.229. The first-order valence-electron chi connectivity index (χ1n) is 7.96. The lowest BCUT2D eigenvalue weighted by atomic mass is 10.1. The van der Waals surface area contributed by atoms with E-state index in [0.29, 0.717) is 22.5 Å². The predicted octanol–water partition coefficient (Wildman–Crippen LogP) is 2.12. The number of rotatable bonds is 3. The van der Waals surface area contributed by atoms with E-state index in [9.17, 15) is 14.7 Å². The van der Waals surface area contributed by atoms with E-state index in [1.807, 2.05) is 13.0 Å². The van der Waals surface area contributed by atoms with Gasteiger partial charge in [-0.1, -0.05) is 11.6 Å². The van der Waals surface area contributed by atoms with Gasteiger partial charge in [0.25, 0.3) is 0 Å². The standard InChI is InChI=1S/C17H20ClN3O3/c1-3-20-10-12(17(23)24)16(22)11-8-13(18)15(9-14(11)20)21-6-4-19(2)5-7-21/h8-10H,3-7H2,1-2H3,(H,23,24). The van der Waals surface area contributed by atoms with Crippen molar-refractivity contribution in [2.24, 2.45) is 0 Å². The average molecular weight is 350 g/mol. The van der Waals surface area contributed by atoms with Gasteiger partial charge in [-0.05, 0) is 26.1 Å². The minimum atomic E-state index is -1.22. The Balaban J connectivity index is 2.18. The summed E-state index contributed by atoms with van der Waals surface area (Å²) in [4.78, 5) is 28.2. The number of carboxylic acid groups (broad SMARTS) is 1. The molecule has 6 nitrogen and oxygen atoms in total. The highest BCUT2D eigenvalue weighted by atomic mass is 35.5. The summed E-state index contributed by atoms with van der Waals surface area (Å²) in [6, 6.07) is 3.50. The molecule has 2 aromatic rings. The fourth-order valence-electron chi connectivity index (χ4n) is 3.10. The number of anilines is 1. The summed E-state index contributed by atoms with van der Waals surface area (Å²) in [5.74, 6) is -1.22. The Kier molecular flexibility index (Phi) is 4.51. The fraction of sp³-hybridized carbons (Fsp3) is 0.412. The maximum absolute atomic E-state index is 12.4. The van der Waals surface area contributed by atoms with Gasteiger partial charge in [0.2, 0.25) is 5.43 Å². The van der Waals surface area contributed by atoms with E-state index in [1.54, 1.807) is 10.6 Å².